The quantitative estimate of drug-likeness (QED) is 0.753. The van der Waals surface area contributed by atoms with Crippen LogP contribution in [0.15, 0.2) is 42.5 Å². The highest BCUT2D eigenvalue weighted by Gasteiger charge is 2.28. The topological polar surface area (TPSA) is 26.8 Å². The van der Waals surface area contributed by atoms with Crippen LogP contribution in [-0.2, 0) is 11.3 Å². The summed E-state index contributed by atoms with van der Waals surface area (Å²) >= 11 is 0. The van der Waals surface area contributed by atoms with Gasteiger partial charge in [0, 0.05) is 39.3 Å². The van der Waals surface area contributed by atoms with Gasteiger partial charge in [0.05, 0.1) is 6.04 Å². The van der Waals surface area contributed by atoms with Crippen LogP contribution in [0.1, 0.15) is 19.4 Å². The summed E-state index contributed by atoms with van der Waals surface area (Å²) in [5.74, 6) is 0.196. The van der Waals surface area contributed by atoms with Gasteiger partial charge in [-0.2, -0.15) is 0 Å². The van der Waals surface area contributed by atoms with Gasteiger partial charge in [0.1, 0.15) is 0 Å². The van der Waals surface area contributed by atoms with Crippen molar-refractivity contribution in [3.63, 3.8) is 0 Å². The number of carbonyl (C=O) groups is 1. The van der Waals surface area contributed by atoms with E-state index >= 15 is 0 Å². The minimum Gasteiger partial charge on any atom is -0.333 e. The molecule has 1 fully saturated rings. The van der Waals surface area contributed by atoms with Gasteiger partial charge in [0.25, 0.3) is 0 Å². The average molecular weight is 315 g/mol. The van der Waals surface area contributed by atoms with E-state index < -0.39 is 0 Å². The van der Waals surface area contributed by atoms with Crippen LogP contribution in [0.4, 0.5) is 0 Å². The molecule has 0 radical (unpaired) electrons. The summed E-state index contributed by atoms with van der Waals surface area (Å²) in [6.07, 6.45) is 0. The number of rotatable bonds is 6. The summed E-state index contributed by atoms with van der Waals surface area (Å²) in [4.78, 5) is 19.5. The Morgan fingerprint density at radius 1 is 1.22 bits per heavy atom. The molecule has 1 amide bonds. The molecule has 0 aliphatic carbocycles. The van der Waals surface area contributed by atoms with Crippen molar-refractivity contribution in [3.8, 4) is 0 Å². The largest absolute Gasteiger partial charge is 0.333 e. The molecule has 2 rings (SSSR count). The Morgan fingerprint density at radius 2 is 1.83 bits per heavy atom. The molecule has 1 aromatic rings. The lowest BCUT2D eigenvalue weighted by Crippen LogP contribution is -2.53. The first-order chi connectivity index (χ1) is 11.0. The molecule has 0 saturated carbocycles. The predicted molar refractivity (Wildman–Crippen MR) is 95.2 cm³/mol. The Bertz CT molecular complexity index is 521. The average Bonchev–Trinajstić information content (AvgIpc) is 2.54. The van der Waals surface area contributed by atoms with E-state index in [1.165, 1.54) is 0 Å². The SMILES string of the molecule is C=C(C)CN(Cc1ccccc1)C(=O)[C@H](C)N1CCN(C)CC1. The maximum absolute atomic E-state index is 13.0. The third-order valence-corrected chi connectivity index (χ3v) is 4.43. The van der Waals surface area contributed by atoms with Crippen LogP contribution in [0.5, 0.6) is 0 Å². The third kappa shape index (κ3) is 5.19. The second-order valence-corrected chi connectivity index (χ2v) is 6.65. The van der Waals surface area contributed by atoms with E-state index in [0.717, 1.165) is 37.3 Å². The Kier molecular flexibility index (Phi) is 6.37. The first kappa shape index (κ1) is 17.7. The van der Waals surface area contributed by atoms with Crippen LogP contribution in [0.25, 0.3) is 0 Å². The van der Waals surface area contributed by atoms with E-state index in [9.17, 15) is 4.79 Å². The van der Waals surface area contributed by atoms with Crippen molar-refractivity contribution in [2.45, 2.75) is 26.4 Å². The normalized spacial score (nSPS) is 17.7. The molecule has 1 aromatic carbocycles. The summed E-state index contributed by atoms with van der Waals surface area (Å²) in [6, 6.07) is 10.1. The number of nitrogens with zero attached hydrogens (tertiary/aromatic N) is 3. The van der Waals surface area contributed by atoms with Crippen LogP contribution in [0.2, 0.25) is 0 Å². The molecule has 0 bridgehead atoms. The molecule has 1 saturated heterocycles. The van der Waals surface area contributed by atoms with E-state index in [1.807, 2.05) is 36.9 Å². The van der Waals surface area contributed by atoms with E-state index in [4.69, 9.17) is 0 Å². The van der Waals surface area contributed by atoms with Gasteiger partial charge in [-0.1, -0.05) is 42.5 Å². The van der Waals surface area contributed by atoms with Crippen LogP contribution in [-0.4, -0.2) is 66.4 Å². The van der Waals surface area contributed by atoms with Gasteiger partial charge in [-0.05, 0) is 26.5 Å². The number of hydrogen-bond donors (Lipinski definition) is 0. The molecular formula is C19H29N3O. The molecule has 0 unspecified atom stereocenters. The molecule has 0 spiro atoms. The number of carbonyl (C=O) groups excluding carboxylic acids is 1. The van der Waals surface area contributed by atoms with Crippen molar-refractivity contribution in [1.82, 2.24) is 14.7 Å². The highest BCUT2D eigenvalue weighted by molar-refractivity contribution is 5.81. The maximum atomic E-state index is 13.0. The number of benzene rings is 1. The van der Waals surface area contributed by atoms with Gasteiger partial charge >= 0.3 is 0 Å². The second-order valence-electron chi connectivity index (χ2n) is 6.65. The molecule has 1 atom stereocenters. The summed E-state index contributed by atoms with van der Waals surface area (Å²) in [7, 11) is 2.13. The van der Waals surface area contributed by atoms with Crippen LogP contribution >= 0.6 is 0 Å². The minimum absolute atomic E-state index is 0.0771. The number of hydrogen-bond acceptors (Lipinski definition) is 3. The van der Waals surface area contributed by atoms with Crippen molar-refractivity contribution in [3.05, 3.63) is 48.0 Å². The summed E-state index contributed by atoms with van der Waals surface area (Å²) in [6.45, 7) is 13.2. The van der Waals surface area contributed by atoms with Crippen LogP contribution < -0.4 is 0 Å². The van der Waals surface area contributed by atoms with E-state index in [-0.39, 0.29) is 11.9 Å². The Hall–Kier alpha value is -1.65. The molecule has 1 heterocycles. The molecule has 0 aromatic heterocycles. The monoisotopic (exact) mass is 315 g/mol. The lowest BCUT2D eigenvalue weighted by atomic mass is 10.1. The molecule has 0 N–H and O–H groups in total. The Labute approximate surface area is 140 Å². The fraction of sp³-hybridized carbons (Fsp3) is 0.526. The van der Waals surface area contributed by atoms with Crippen LogP contribution in [0, 0.1) is 0 Å². The van der Waals surface area contributed by atoms with Gasteiger partial charge in [0.2, 0.25) is 5.91 Å². The Morgan fingerprint density at radius 3 is 2.39 bits per heavy atom. The second kappa shape index (κ2) is 8.27. The van der Waals surface area contributed by atoms with E-state index in [0.29, 0.717) is 13.1 Å². The first-order valence-electron chi connectivity index (χ1n) is 8.37. The van der Waals surface area contributed by atoms with Crippen molar-refractivity contribution < 1.29 is 4.79 Å². The van der Waals surface area contributed by atoms with Crippen molar-refractivity contribution in [1.29, 1.82) is 0 Å². The fourth-order valence-corrected chi connectivity index (χ4v) is 2.97. The predicted octanol–water partition coefficient (Wildman–Crippen LogP) is 2.23. The van der Waals surface area contributed by atoms with Gasteiger partial charge in [-0.15, -0.1) is 0 Å². The summed E-state index contributed by atoms with van der Waals surface area (Å²) in [5.41, 5.74) is 2.17. The zero-order valence-electron chi connectivity index (χ0n) is 14.7. The summed E-state index contributed by atoms with van der Waals surface area (Å²) < 4.78 is 0. The molecule has 4 nitrogen and oxygen atoms in total. The van der Waals surface area contributed by atoms with Gasteiger partial charge < -0.3 is 9.80 Å². The van der Waals surface area contributed by atoms with Crippen molar-refractivity contribution in [2.75, 3.05) is 39.8 Å². The highest BCUT2D eigenvalue weighted by Crippen LogP contribution is 2.13. The molecule has 4 heteroatoms. The molecular weight excluding hydrogens is 286 g/mol. The zero-order chi connectivity index (χ0) is 16.8. The number of amides is 1. The lowest BCUT2D eigenvalue weighted by molar-refractivity contribution is -0.137. The first-order valence-corrected chi connectivity index (χ1v) is 8.37. The molecule has 23 heavy (non-hydrogen) atoms. The van der Waals surface area contributed by atoms with Gasteiger partial charge in [-0.25, -0.2) is 0 Å². The van der Waals surface area contributed by atoms with E-state index in [1.54, 1.807) is 0 Å². The minimum atomic E-state index is -0.0771. The third-order valence-electron chi connectivity index (χ3n) is 4.43. The molecule has 126 valence electrons. The lowest BCUT2D eigenvalue weighted by Gasteiger charge is -2.37. The number of piperazine rings is 1. The molecule has 1 aliphatic heterocycles. The van der Waals surface area contributed by atoms with Gasteiger partial charge in [0.15, 0.2) is 0 Å². The van der Waals surface area contributed by atoms with Crippen molar-refractivity contribution in [2.24, 2.45) is 0 Å². The van der Waals surface area contributed by atoms with Gasteiger partial charge in [-0.3, -0.25) is 9.69 Å². The summed E-state index contributed by atoms with van der Waals surface area (Å²) in [5, 5.41) is 0. The number of likely N-dealkylation sites (N-methyl/N-ethyl adjacent to an activating group) is 1. The maximum Gasteiger partial charge on any atom is 0.240 e. The molecule has 1 aliphatic rings. The van der Waals surface area contributed by atoms with E-state index in [2.05, 4.69) is 35.6 Å². The Balaban J connectivity index is 2.04. The fourth-order valence-electron chi connectivity index (χ4n) is 2.97. The zero-order valence-corrected chi connectivity index (χ0v) is 14.7. The smallest absolute Gasteiger partial charge is 0.240 e. The highest BCUT2D eigenvalue weighted by atomic mass is 16.2. The van der Waals surface area contributed by atoms with Crippen LogP contribution in [0.3, 0.4) is 0 Å². The van der Waals surface area contributed by atoms with Crippen molar-refractivity contribution >= 4 is 5.91 Å². The standard InChI is InChI=1S/C19H29N3O/c1-16(2)14-22(15-18-8-6-5-7-9-18)19(23)17(3)21-12-10-20(4)11-13-21/h5-9,17H,1,10-15H2,2-4H3/t17-/m0/s1.